The Balaban J connectivity index is 0. The lowest BCUT2D eigenvalue weighted by Gasteiger charge is -2.05. The fourth-order valence-electron chi connectivity index (χ4n) is 1.26. The maximum Gasteiger partial charge on any atom is 0.302 e. The summed E-state index contributed by atoms with van der Waals surface area (Å²) < 4.78 is 4.40. The van der Waals surface area contributed by atoms with Crippen molar-refractivity contribution in [3.8, 4) is 0 Å². The van der Waals surface area contributed by atoms with Gasteiger partial charge in [0.2, 0.25) is 0 Å². The Hall–Kier alpha value is -0.570. The summed E-state index contributed by atoms with van der Waals surface area (Å²) in [7, 11) is 0. The van der Waals surface area contributed by atoms with Crippen molar-refractivity contribution in [1.82, 2.24) is 6.15 Å². The molecular formula is C10H23NO2. The molecule has 3 nitrogen and oxygen atoms in total. The summed E-state index contributed by atoms with van der Waals surface area (Å²) in [6, 6.07) is 0. The van der Waals surface area contributed by atoms with Crippen molar-refractivity contribution in [2.45, 2.75) is 52.4 Å². The Morgan fingerprint density at radius 3 is 1.46 bits per heavy atom. The van der Waals surface area contributed by atoms with Gasteiger partial charge in [-0.05, 0) is 6.92 Å². The van der Waals surface area contributed by atoms with Crippen molar-refractivity contribution >= 4 is 5.97 Å². The average molecular weight is 189 g/mol. The van der Waals surface area contributed by atoms with Gasteiger partial charge in [0.15, 0.2) is 0 Å². The van der Waals surface area contributed by atoms with Crippen LogP contribution in [0.3, 0.4) is 0 Å². The summed E-state index contributed by atoms with van der Waals surface area (Å²) in [6.45, 7) is 3.65. The van der Waals surface area contributed by atoms with Crippen LogP contribution in [0.2, 0.25) is 0 Å². The summed E-state index contributed by atoms with van der Waals surface area (Å²) >= 11 is 0. The molecule has 1 rings (SSSR count). The van der Waals surface area contributed by atoms with Crippen molar-refractivity contribution < 1.29 is 9.53 Å². The molecule has 3 N–H and O–H groups in total. The Morgan fingerprint density at radius 2 is 1.38 bits per heavy atom. The van der Waals surface area contributed by atoms with Crippen molar-refractivity contribution in [1.29, 1.82) is 0 Å². The fraction of sp³-hybridized carbons (Fsp3) is 0.900. The third-order valence-corrected chi connectivity index (χ3v) is 1.85. The predicted octanol–water partition coefficient (Wildman–Crippen LogP) is 3.07. The van der Waals surface area contributed by atoms with Crippen LogP contribution in [0, 0.1) is 0 Å². The van der Waals surface area contributed by atoms with Crippen LogP contribution in [0.4, 0.5) is 0 Å². The minimum absolute atomic E-state index is 0. The van der Waals surface area contributed by atoms with Gasteiger partial charge in [0.25, 0.3) is 0 Å². The van der Waals surface area contributed by atoms with E-state index in [0.29, 0.717) is 6.61 Å². The average Bonchev–Trinajstić information content (AvgIpc) is 2.08. The normalized spacial score (nSPS) is 14.6. The number of ether oxygens (including phenoxy) is 1. The van der Waals surface area contributed by atoms with Gasteiger partial charge in [0.05, 0.1) is 6.61 Å². The SMILES string of the molecule is C1CCCCC1.CCOC(C)=O.N. The zero-order valence-electron chi connectivity index (χ0n) is 8.97. The van der Waals surface area contributed by atoms with Crippen LogP contribution in [0.15, 0.2) is 0 Å². The summed E-state index contributed by atoms with van der Waals surface area (Å²) in [6.07, 6.45) is 9.00. The predicted molar refractivity (Wildman–Crippen MR) is 55.0 cm³/mol. The molecule has 0 aliphatic heterocycles. The maximum absolute atomic E-state index is 9.82. The van der Waals surface area contributed by atoms with Crippen LogP contribution in [0.1, 0.15) is 52.4 Å². The first-order chi connectivity index (χ1) is 5.77. The van der Waals surface area contributed by atoms with E-state index in [0.717, 1.165) is 0 Å². The van der Waals surface area contributed by atoms with Gasteiger partial charge in [-0.3, -0.25) is 4.79 Å². The fourth-order valence-corrected chi connectivity index (χ4v) is 1.26. The summed E-state index contributed by atoms with van der Waals surface area (Å²) in [4.78, 5) is 9.82. The molecule has 13 heavy (non-hydrogen) atoms. The van der Waals surface area contributed by atoms with Gasteiger partial charge in [0.1, 0.15) is 0 Å². The van der Waals surface area contributed by atoms with Gasteiger partial charge in [-0.15, -0.1) is 0 Å². The highest BCUT2D eigenvalue weighted by Gasteiger charge is 1.95. The number of rotatable bonds is 1. The van der Waals surface area contributed by atoms with E-state index in [-0.39, 0.29) is 12.1 Å². The van der Waals surface area contributed by atoms with E-state index < -0.39 is 0 Å². The van der Waals surface area contributed by atoms with Crippen LogP contribution in [0.25, 0.3) is 0 Å². The minimum Gasteiger partial charge on any atom is -0.466 e. The van der Waals surface area contributed by atoms with E-state index in [4.69, 9.17) is 0 Å². The van der Waals surface area contributed by atoms with Crippen LogP contribution >= 0.6 is 0 Å². The van der Waals surface area contributed by atoms with Crippen molar-refractivity contribution in [2.75, 3.05) is 6.61 Å². The standard InChI is InChI=1S/C6H12.C4H8O2.H3N/c1-2-4-6-5-3-1;1-3-6-4(2)5;/h1-6H2;3H2,1-2H3;1H3. The second kappa shape index (κ2) is 11.4. The van der Waals surface area contributed by atoms with Gasteiger partial charge >= 0.3 is 5.97 Å². The van der Waals surface area contributed by atoms with E-state index in [1.165, 1.54) is 45.4 Å². The van der Waals surface area contributed by atoms with Crippen LogP contribution in [-0.4, -0.2) is 12.6 Å². The van der Waals surface area contributed by atoms with Gasteiger partial charge < -0.3 is 10.9 Å². The first kappa shape index (κ1) is 14.9. The third kappa shape index (κ3) is 14.3. The Bertz CT molecular complexity index is 100.0. The topological polar surface area (TPSA) is 61.3 Å². The molecule has 0 aromatic rings. The molecular weight excluding hydrogens is 166 g/mol. The first-order valence-corrected chi connectivity index (χ1v) is 4.90. The molecule has 1 aliphatic carbocycles. The molecule has 0 unspecified atom stereocenters. The highest BCUT2D eigenvalue weighted by molar-refractivity contribution is 5.65. The van der Waals surface area contributed by atoms with E-state index in [1.54, 1.807) is 6.92 Å². The Kier molecular flexibility index (Phi) is 13.1. The first-order valence-electron chi connectivity index (χ1n) is 4.90. The van der Waals surface area contributed by atoms with E-state index in [2.05, 4.69) is 4.74 Å². The molecule has 0 radical (unpaired) electrons. The monoisotopic (exact) mass is 189 g/mol. The molecule has 0 spiro atoms. The molecule has 80 valence electrons. The molecule has 1 saturated carbocycles. The Labute approximate surface area is 81.4 Å². The van der Waals surface area contributed by atoms with Crippen LogP contribution in [-0.2, 0) is 9.53 Å². The number of hydrogen-bond donors (Lipinski definition) is 1. The van der Waals surface area contributed by atoms with Gasteiger partial charge in [-0.1, -0.05) is 38.5 Å². The second-order valence-electron chi connectivity index (χ2n) is 3.05. The van der Waals surface area contributed by atoms with E-state index >= 15 is 0 Å². The molecule has 1 aliphatic rings. The molecule has 0 saturated heterocycles. The smallest absolute Gasteiger partial charge is 0.302 e. The second-order valence-corrected chi connectivity index (χ2v) is 3.05. The lowest BCUT2D eigenvalue weighted by atomic mass is 10.0. The molecule has 3 heteroatoms. The maximum atomic E-state index is 9.82. The van der Waals surface area contributed by atoms with Crippen LogP contribution in [0.5, 0.6) is 0 Å². The van der Waals surface area contributed by atoms with Gasteiger partial charge in [0, 0.05) is 6.92 Å². The summed E-state index contributed by atoms with van der Waals surface area (Å²) in [5.41, 5.74) is 0. The highest BCUT2D eigenvalue weighted by Crippen LogP contribution is 2.15. The number of carbonyl (C=O) groups excluding carboxylic acids is 1. The lowest BCUT2D eigenvalue weighted by molar-refractivity contribution is -0.140. The molecule has 0 heterocycles. The van der Waals surface area contributed by atoms with E-state index in [1.807, 2.05) is 0 Å². The van der Waals surface area contributed by atoms with Crippen molar-refractivity contribution in [3.05, 3.63) is 0 Å². The summed E-state index contributed by atoms with van der Waals surface area (Å²) in [5, 5.41) is 0. The van der Waals surface area contributed by atoms with Gasteiger partial charge in [-0.25, -0.2) is 0 Å². The number of esters is 1. The van der Waals surface area contributed by atoms with Gasteiger partial charge in [-0.2, -0.15) is 0 Å². The summed E-state index contributed by atoms with van der Waals surface area (Å²) in [5.74, 6) is -0.211. The quantitative estimate of drug-likeness (QED) is 0.645. The number of carbonyl (C=O) groups is 1. The van der Waals surface area contributed by atoms with Crippen molar-refractivity contribution in [3.63, 3.8) is 0 Å². The zero-order valence-corrected chi connectivity index (χ0v) is 8.97. The molecule has 0 atom stereocenters. The molecule has 1 fully saturated rings. The molecule has 0 aromatic carbocycles. The van der Waals surface area contributed by atoms with Crippen molar-refractivity contribution in [2.24, 2.45) is 0 Å². The molecule has 0 aromatic heterocycles. The minimum atomic E-state index is -0.211. The van der Waals surface area contributed by atoms with E-state index in [9.17, 15) is 4.79 Å². The molecule has 0 amide bonds. The Morgan fingerprint density at radius 1 is 1.08 bits per heavy atom. The largest absolute Gasteiger partial charge is 0.466 e. The number of hydrogen-bond acceptors (Lipinski definition) is 3. The van der Waals surface area contributed by atoms with Crippen LogP contribution < -0.4 is 6.15 Å². The zero-order chi connectivity index (χ0) is 9.23. The highest BCUT2D eigenvalue weighted by atomic mass is 16.5. The third-order valence-electron chi connectivity index (χ3n) is 1.85. The lowest BCUT2D eigenvalue weighted by Crippen LogP contribution is -1.95. The molecule has 0 bridgehead atoms.